The largest absolute Gasteiger partial charge is 0.480 e. The van der Waals surface area contributed by atoms with Crippen LogP contribution in [-0.4, -0.2) is 46.2 Å². The van der Waals surface area contributed by atoms with Gasteiger partial charge in [0.2, 0.25) is 0 Å². The maximum Gasteiger partial charge on any atom is 0.323 e. The van der Waals surface area contributed by atoms with E-state index in [4.69, 9.17) is 10.5 Å². The van der Waals surface area contributed by atoms with Gasteiger partial charge in [-0.05, 0) is 63.1 Å². The second-order valence-electron chi connectivity index (χ2n) is 9.44. The third kappa shape index (κ3) is 7.08. The summed E-state index contributed by atoms with van der Waals surface area (Å²) < 4.78 is 34.1. The van der Waals surface area contributed by atoms with Gasteiger partial charge >= 0.3 is 5.97 Å². The first-order chi connectivity index (χ1) is 17.4. The molecule has 1 aromatic heterocycles. The highest BCUT2D eigenvalue weighted by atomic mass is 19.1. The molecule has 0 aliphatic carbocycles. The van der Waals surface area contributed by atoms with Gasteiger partial charge in [-0.25, -0.2) is 8.78 Å². The SMILES string of the molecule is CC(C)(C)OC[C@H](NCCc1ccc(-n2c(N)c(C(=O)c3ccc(F)cc3F)ccc2=O)cc1)C(=O)O. The van der Waals surface area contributed by atoms with E-state index in [-0.39, 0.29) is 23.6 Å². The van der Waals surface area contributed by atoms with Crippen molar-refractivity contribution in [1.82, 2.24) is 9.88 Å². The van der Waals surface area contributed by atoms with Gasteiger partial charge in [0.15, 0.2) is 5.78 Å². The standard InChI is InChI=1S/C27H29F2N3O5/c1-27(2,3)37-15-22(26(35)36)31-13-12-16-4-7-18(8-5-16)32-23(33)11-10-20(25(32)30)24(34)19-9-6-17(28)14-21(19)29/h4-11,14,22,31H,12-13,15,30H2,1-3H3,(H,35,36)/t22-/m0/s1. The molecule has 196 valence electrons. The van der Waals surface area contributed by atoms with Crippen molar-refractivity contribution in [2.24, 2.45) is 0 Å². The molecule has 8 nitrogen and oxygen atoms in total. The van der Waals surface area contributed by atoms with Crippen LogP contribution in [0.3, 0.4) is 0 Å². The number of pyridine rings is 1. The maximum atomic E-state index is 14.1. The number of hydrogen-bond acceptors (Lipinski definition) is 6. The van der Waals surface area contributed by atoms with Crippen molar-refractivity contribution in [3.05, 3.63) is 93.3 Å². The normalized spacial score (nSPS) is 12.4. The lowest BCUT2D eigenvalue weighted by Crippen LogP contribution is -2.43. The fourth-order valence-electron chi connectivity index (χ4n) is 3.58. The van der Waals surface area contributed by atoms with E-state index < -0.39 is 40.6 Å². The lowest BCUT2D eigenvalue weighted by molar-refractivity contribution is -0.142. The molecule has 0 amide bonds. The summed E-state index contributed by atoms with van der Waals surface area (Å²) in [5.74, 6) is -3.83. The van der Waals surface area contributed by atoms with Gasteiger partial charge in [0.25, 0.3) is 5.56 Å². The number of carbonyl (C=O) groups is 2. The van der Waals surface area contributed by atoms with Crippen LogP contribution in [0.1, 0.15) is 42.3 Å². The Bertz CT molecular complexity index is 1350. The summed E-state index contributed by atoms with van der Waals surface area (Å²) in [6.07, 6.45) is 0.506. The highest BCUT2D eigenvalue weighted by Gasteiger charge is 2.22. The van der Waals surface area contributed by atoms with Crippen molar-refractivity contribution in [3.8, 4) is 5.69 Å². The molecule has 0 spiro atoms. The average molecular weight is 514 g/mol. The molecule has 3 rings (SSSR count). The molecule has 1 atom stereocenters. The van der Waals surface area contributed by atoms with Crippen molar-refractivity contribution in [2.45, 2.75) is 38.8 Å². The molecule has 4 N–H and O–H groups in total. The molecule has 37 heavy (non-hydrogen) atoms. The highest BCUT2D eigenvalue weighted by molar-refractivity contribution is 6.11. The number of nitrogens with two attached hydrogens (primary N) is 1. The molecular formula is C27H29F2N3O5. The maximum absolute atomic E-state index is 14.1. The average Bonchev–Trinajstić information content (AvgIpc) is 2.81. The topological polar surface area (TPSA) is 124 Å². The first-order valence-corrected chi connectivity index (χ1v) is 11.6. The Hall–Kier alpha value is -3.89. The third-order valence-electron chi connectivity index (χ3n) is 5.53. The van der Waals surface area contributed by atoms with Crippen LogP contribution in [0.5, 0.6) is 0 Å². The van der Waals surface area contributed by atoms with Gasteiger partial charge < -0.3 is 20.9 Å². The van der Waals surface area contributed by atoms with Crippen LogP contribution >= 0.6 is 0 Å². The van der Waals surface area contributed by atoms with Crippen LogP contribution in [0, 0.1) is 11.6 Å². The van der Waals surface area contributed by atoms with Gasteiger partial charge in [-0.3, -0.25) is 19.0 Å². The van der Waals surface area contributed by atoms with Crippen LogP contribution in [0.4, 0.5) is 14.6 Å². The number of ether oxygens (including phenoxy) is 1. The van der Waals surface area contributed by atoms with E-state index in [0.29, 0.717) is 24.7 Å². The number of carboxylic acids is 1. The predicted molar refractivity (Wildman–Crippen MR) is 135 cm³/mol. The highest BCUT2D eigenvalue weighted by Crippen LogP contribution is 2.21. The van der Waals surface area contributed by atoms with Gasteiger partial charge in [-0.15, -0.1) is 0 Å². The molecule has 10 heteroatoms. The van der Waals surface area contributed by atoms with Crippen molar-refractivity contribution in [2.75, 3.05) is 18.9 Å². The van der Waals surface area contributed by atoms with Gasteiger partial charge in [0, 0.05) is 18.7 Å². The number of anilines is 1. The van der Waals surface area contributed by atoms with Crippen LogP contribution in [0.2, 0.25) is 0 Å². The zero-order valence-electron chi connectivity index (χ0n) is 20.8. The number of aromatic nitrogens is 1. The summed E-state index contributed by atoms with van der Waals surface area (Å²) in [5, 5.41) is 12.4. The Labute approximate surface area is 212 Å². The number of rotatable bonds is 10. The lowest BCUT2D eigenvalue weighted by atomic mass is 10.0. The lowest BCUT2D eigenvalue weighted by Gasteiger charge is -2.23. The third-order valence-corrected chi connectivity index (χ3v) is 5.53. The molecule has 0 radical (unpaired) electrons. The summed E-state index contributed by atoms with van der Waals surface area (Å²) in [5.41, 5.74) is 5.97. The van der Waals surface area contributed by atoms with Crippen LogP contribution in [-0.2, 0) is 16.0 Å². The number of halogens is 2. The number of ketones is 1. The molecular weight excluding hydrogens is 484 g/mol. The van der Waals surface area contributed by atoms with Gasteiger partial charge in [-0.2, -0.15) is 0 Å². The summed E-state index contributed by atoms with van der Waals surface area (Å²) >= 11 is 0. The summed E-state index contributed by atoms with van der Waals surface area (Å²) in [6, 6.07) is 10.9. The first kappa shape index (κ1) is 27.7. The molecule has 0 unspecified atom stereocenters. The number of hydrogen-bond donors (Lipinski definition) is 3. The first-order valence-electron chi connectivity index (χ1n) is 11.6. The number of carbonyl (C=O) groups excluding carboxylic acids is 1. The van der Waals surface area contributed by atoms with Crippen LogP contribution in [0.25, 0.3) is 5.69 Å². The molecule has 0 aliphatic heterocycles. The number of carboxylic acid groups (broad SMARTS) is 1. The Morgan fingerprint density at radius 3 is 2.30 bits per heavy atom. The molecule has 3 aromatic rings. The molecule has 1 heterocycles. The second kappa shape index (κ2) is 11.4. The summed E-state index contributed by atoms with van der Waals surface area (Å²) in [7, 11) is 0. The van der Waals surface area contributed by atoms with E-state index in [1.807, 2.05) is 20.8 Å². The minimum atomic E-state index is -1.03. The van der Waals surface area contributed by atoms with E-state index in [9.17, 15) is 28.3 Å². The number of aliphatic carboxylic acids is 1. The Morgan fingerprint density at radius 2 is 1.70 bits per heavy atom. The van der Waals surface area contributed by atoms with Crippen molar-refractivity contribution in [1.29, 1.82) is 0 Å². The Balaban J connectivity index is 1.75. The number of benzene rings is 2. The zero-order chi connectivity index (χ0) is 27.3. The molecule has 0 bridgehead atoms. The Morgan fingerprint density at radius 1 is 1.05 bits per heavy atom. The van der Waals surface area contributed by atoms with E-state index >= 15 is 0 Å². The molecule has 0 fully saturated rings. The fourth-order valence-corrected chi connectivity index (χ4v) is 3.58. The molecule has 0 saturated carbocycles. The van der Waals surface area contributed by atoms with Crippen LogP contribution < -0.4 is 16.6 Å². The smallest absolute Gasteiger partial charge is 0.323 e. The van der Waals surface area contributed by atoms with E-state index in [2.05, 4.69) is 5.32 Å². The van der Waals surface area contributed by atoms with Crippen LogP contribution in [0.15, 0.2) is 59.4 Å². The molecule has 0 aliphatic rings. The number of nitrogens with one attached hydrogen (secondary N) is 1. The van der Waals surface area contributed by atoms with E-state index in [1.54, 1.807) is 24.3 Å². The minimum Gasteiger partial charge on any atom is -0.480 e. The number of nitrogens with zero attached hydrogens (tertiary/aromatic N) is 1. The van der Waals surface area contributed by atoms with Crippen molar-refractivity contribution < 1.29 is 28.2 Å². The summed E-state index contributed by atoms with van der Waals surface area (Å²) in [4.78, 5) is 36.9. The quantitative estimate of drug-likeness (QED) is 0.355. The van der Waals surface area contributed by atoms with Crippen molar-refractivity contribution in [3.63, 3.8) is 0 Å². The fraction of sp³-hybridized carbons (Fsp3) is 0.296. The van der Waals surface area contributed by atoms with Gasteiger partial charge in [0.05, 0.1) is 29.0 Å². The van der Waals surface area contributed by atoms with Gasteiger partial charge in [-0.1, -0.05) is 12.1 Å². The van der Waals surface area contributed by atoms with Gasteiger partial charge in [0.1, 0.15) is 23.5 Å². The minimum absolute atomic E-state index is 0.0246. The number of nitrogen functional groups attached to an aromatic ring is 1. The zero-order valence-corrected chi connectivity index (χ0v) is 20.8. The monoisotopic (exact) mass is 513 g/mol. The second-order valence-corrected chi connectivity index (χ2v) is 9.44. The molecule has 0 saturated heterocycles. The van der Waals surface area contributed by atoms with E-state index in [1.165, 1.54) is 6.07 Å². The summed E-state index contributed by atoms with van der Waals surface area (Å²) in [6.45, 7) is 5.94. The van der Waals surface area contributed by atoms with Crippen molar-refractivity contribution >= 4 is 17.6 Å². The van der Waals surface area contributed by atoms with E-state index in [0.717, 1.165) is 28.3 Å². The Kier molecular flexibility index (Phi) is 8.57. The molecule has 2 aromatic carbocycles. The predicted octanol–water partition coefficient (Wildman–Crippen LogP) is 3.33.